The number of nitrogens with two attached hydrogens (primary N) is 1. The van der Waals surface area contributed by atoms with Crippen LogP contribution < -0.4 is 10.6 Å². The van der Waals surface area contributed by atoms with Gasteiger partial charge in [-0.3, -0.25) is 0 Å². The van der Waals surface area contributed by atoms with Gasteiger partial charge in [-0.05, 0) is 24.6 Å². The monoisotopic (exact) mass is 263 g/mol. The Kier molecular flexibility index (Phi) is 3.09. The number of thiazole rings is 1. The maximum atomic E-state index is 5.81. The predicted molar refractivity (Wildman–Crippen MR) is 76.3 cm³/mol. The number of aromatic nitrogens is 1. The summed E-state index contributed by atoms with van der Waals surface area (Å²) in [7, 11) is 0. The Morgan fingerprint density at radius 3 is 3.28 bits per heavy atom. The molecule has 0 radical (unpaired) electrons. The van der Waals surface area contributed by atoms with E-state index in [4.69, 9.17) is 15.5 Å². The zero-order valence-electron chi connectivity index (χ0n) is 10.4. The van der Waals surface area contributed by atoms with Crippen molar-refractivity contribution in [2.75, 3.05) is 30.4 Å². The van der Waals surface area contributed by atoms with Gasteiger partial charge in [-0.2, -0.15) is 0 Å². The van der Waals surface area contributed by atoms with Crippen molar-refractivity contribution in [1.82, 2.24) is 4.98 Å². The first-order valence-corrected chi connectivity index (χ1v) is 7.10. The maximum Gasteiger partial charge on any atom is 0.186 e. The summed E-state index contributed by atoms with van der Waals surface area (Å²) >= 11 is 1.72. The minimum Gasteiger partial charge on any atom is -0.399 e. The molecule has 0 spiro atoms. The lowest BCUT2D eigenvalue weighted by molar-refractivity contribution is 0.0930. The fourth-order valence-corrected chi connectivity index (χ4v) is 3.41. The van der Waals surface area contributed by atoms with Gasteiger partial charge < -0.3 is 15.4 Å². The van der Waals surface area contributed by atoms with Crippen molar-refractivity contribution < 1.29 is 4.74 Å². The highest BCUT2D eigenvalue weighted by Crippen LogP contribution is 2.32. The van der Waals surface area contributed by atoms with Crippen LogP contribution in [-0.4, -0.2) is 30.8 Å². The normalized spacial score (nSPS) is 20.5. The van der Waals surface area contributed by atoms with Gasteiger partial charge in [-0.15, -0.1) is 0 Å². The summed E-state index contributed by atoms with van der Waals surface area (Å²) in [5, 5.41) is 1.09. The Bertz CT molecular complexity index is 554. The second-order valence-electron chi connectivity index (χ2n) is 4.55. The van der Waals surface area contributed by atoms with Gasteiger partial charge in [0, 0.05) is 12.2 Å². The highest BCUT2D eigenvalue weighted by atomic mass is 32.1. The Morgan fingerprint density at radius 2 is 2.44 bits per heavy atom. The lowest BCUT2D eigenvalue weighted by atomic mass is 10.2. The number of hydrogen-bond acceptors (Lipinski definition) is 5. The van der Waals surface area contributed by atoms with Gasteiger partial charge in [0.1, 0.15) is 0 Å². The van der Waals surface area contributed by atoms with Gasteiger partial charge in [0.2, 0.25) is 0 Å². The molecule has 5 heteroatoms. The Hall–Kier alpha value is -1.33. The average Bonchev–Trinajstić information content (AvgIpc) is 2.81. The van der Waals surface area contributed by atoms with Crippen molar-refractivity contribution in [3.63, 3.8) is 0 Å². The molecule has 2 aromatic rings. The minimum absolute atomic E-state index is 0.441. The van der Waals surface area contributed by atoms with Crippen LogP contribution in [0.15, 0.2) is 18.2 Å². The number of benzene rings is 1. The smallest absolute Gasteiger partial charge is 0.186 e. The van der Waals surface area contributed by atoms with E-state index in [0.29, 0.717) is 6.04 Å². The summed E-state index contributed by atoms with van der Waals surface area (Å²) in [5.41, 5.74) is 7.64. The number of morpholine rings is 1. The van der Waals surface area contributed by atoms with E-state index in [9.17, 15) is 0 Å². The molecule has 1 aliphatic rings. The van der Waals surface area contributed by atoms with Crippen LogP contribution >= 0.6 is 11.3 Å². The lowest BCUT2D eigenvalue weighted by Crippen LogP contribution is -2.45. The Morgan fingerprint density at radius 1 is 1.56 bits per heavy atom. The fraction of sp³-hybridized carbons (Fsp3) is 0.462. The van der Waals surface area contributed by atoms with Gasteiger partial charge in [-0.25, -0.2) is 4.98 Å². The number of anilines is 2. The van der Waals surface area contributed by atoms with E-state index >= 15 is 0 Å². The molecule has 0 saturated carbocycles. The molecule has 1 saturated heterocycles. The van der Waals surface area contributed by atoms with Gasteiger partial charge in [0.15, 0.2) is 5.13 Å². The molecule has 0 aliphatic carbocycles. The average molecular weight is 263 g/mol. The van der Waals surface area contributed by atoms with Crippen LogP contribution in [-0.2, 0) is 4.74 Å². The summed E-state index contributed by atoms with van der Waals surface area (Å²) in [6.07, 6.45) is 1.08. The van der Waals surface area contributed by atoms with Crippen molar-refractivity contribution in [3.8, 4) is 0 Å². The second-order valence-corrected chi connectivity index (χ2v) is 5.56. The molecule has 1 atom stereocenters. The molecule has 2 heterocycles. The molecule has 2 N–H and O–H groups in total. The van der Waals surface area contributed by atoms with Gasteiger partial charge in [0.05, 0.1) is 29.5 Å². The highest BCUT2D eigenvalue weighted by Gasteiger charge is 2.24. The second kappa shape index (κ2) is 4.74. The van der Waals surface area contributed by atoms with Gasteiger partial charge >= 0.3 is 0 Å². The van der Waals surface area contributed by atoms with E-state index in [-0.39, 0.29) is 0 Å². The molecule has 1 aromatic carbocycles. The molecule has 1 unspecified atom stereocenters. The molecule has 96 valence electrons. The number of ether oxygens (including phenoxy) is 1. The van der Waals surface area contributed by atoms with E-state index in [0.717, 1.165) is 47.2 Å². The van der Waals surface area contributed by atoms with E-state index in [1.807, 2.05) is 18.2 Å². The third-order valence-electron chi connectivity index (χ3n) is 3.35. The van der Waals surface area contributed by atoms with Crippen LogP contribution in [0.5, 0.6) is 0 Å². The number of rotatable bonds is 2. The SMILES string of the molecule is CCC1COCCN1c1nc2ccc(N)cc2s1. The van der Waals surface area contributed by atoms with Crippen LogP contribution in [0.3, 0.4) is 0 Å². The van der Waals surface area contributed by atoms with Crippen molar-refractivity contribution in [1.29, 1.82) is 0 Å². The fourth-order valence-electron chi connectivity index (χ4n) is 2.30. The van der Waals surface area contributed by atoms with E-state index < -0.39 is 0 Å². The van der Waals surface area contributed by atoms with Crippen LogP contribution in [0.1, 0.15) is 13.3 Å². The first kappa shape index (κ1) is 11.7. The van der Waals surface area contributed by atoms with E-state index in [1.54, 1.807) is 11.3 Å². The third-order valence-corrected chi connectivity index (χ3v) is 4.40. The first-order chi connectivity index (χ1) is 8.78. The zero-order chi connectivity index (χ0) is 12.5. The summed E-state index contributed by atoms with van der Waals surface area (Å²) in [5.74, 6) is 0. The Labute approximate surface area is 110 Å². The number of hydrogen-bond donors (Lipinski definition) is 1. The molecule has 18 heavy (non-hydrogen) atoms. The van der Waals surface area contributed by atoms with Crippen molar-refractivity contribution in [2.24, 2.45) is 0 Å². The quantitative estimate of drug-likeness (QED) is 0.846. The number of fused-ring (bicyclic) bond motifs is 1. The van der Waals surface area contributed by atoms with Crippen molar-refractivity contribution in [2.45, 2.75) is 19.4 Å². The first-order valence-electron chi connectivity index (χ1n) is 6.28. The van der Waals surface area contributed by atoms with Crippen LogP contribution in [0, 0.1) is 0 Å². The summed E-state index contributed by atoms with van der Waals surface area (Å²) in [6, 6.07) is 6.34. The van der Waals surface area contributed by atoms with E-state index in [1.165, 1.54) is 0 Å². The summed E-state index contributed by atoms with van der Waals surface area (Å²) in [4.78, 5) is 7.07. The van der Waals surface area contributed by atoms with Gasteiger partial charge in [0.25, 0.3) is 0 Å². The topological polar surface area (TPSA) is 51.4 Å². The number of nitrogen functional groups attached to an aromatic ring is 1. The number of nitrogens with zero attached hydrogens (tertiary/aromatic N) is 2. The standard InChI is InChI=1S/C13H17N3OS/c1-2-10-8-17-6-5-16(10)13-15-11-4-3-9(14)7-12(11)18-13/h3-4,7,10H,2,5-6,8,14H2,1H3. The predicted octanol–water partition coefficient (Wildman–Crippen LogP) is 2.49. The van der Waals surface area contributed by atoms with Gasteiger partial charge in [-0.1, -0.05) is 18.3 Å². The minimum atomic E-state index is 0.441. The molecule has 1 aliphatic heterocycles. The molecule has 1 fully saturated rings. The molecule has 4 nitrogen and oxygen atoms in total. The molecule has 3 rings (SSSR count). The Balaban J connectivity index is 1.97. The van der Waals surface area contributed by atoms with Crippen molar-refractivity contribution in [3.05, 3.63) is 18.2 Å². The zero-order valence-corrected chi connectivity index (χ0v) is 11.2. The lowest BCUT2D eigenvalue weighted by Gasteiger charge is -2.34. The van der Waals surface area contributed by atoms with E-state index in [2.05, 4.69) is 11.8 Å². The molecular formula is C13H17N3OS. The third kappa shape index (κ3) is 2.04. The van der Waals surface area contributed by atoms with Crippen LogP contribution in [0.4, 0.5) is 10.8 Å². The molecule has 0 bridgehead atoms. The van der Waals surface area contributed by atoms with Crippen LogP contribution in [0.2, 0.25) is 0 Å². The van der Waals surface area contributed by atoms with Crippen molar-refractivity contribution >= 4 is 32.4 Å². The molecule has 0 amide bonds. The van der Waals surface area contributed by atoms with Crippen LogP contribution in [0.25, 0.3) is 10.2 Å². The maximum absolute atomic E-state index is 5.81. The largest absolute Gasteiger partial charge is 0.399 e. The summed E-state index contributed by atoms with van der Waals surface area (Å²) < 4.78 is 6.69. The highest BCUT2D eigenvalue weighted by molar-refractivity contribution is 7.22. The molecular weight excluding hydrogens is 246 g/mol. The summed E-state index contributed by atoms with van der Waals surface area (Å²) in [6.45, 7) is 4.70. The molecule has 1 aromatic heterocycles.